The Morgan fingerprint density at radius 2 is 1.57 bits per heavy atom. The van der Waals surface area contributed by atoms with Gasteiger partial charge in [-0.15, -0.1) is 0 Å². The van der Waals surface area contributed by atoms with Gasteiger partial charge in [-0.05, 0) is 37.0 Å². The molecule has 0 bridgehead atoms. The molecule has 2 atom stereocenters. The lowest BCUT2D eigenvalue weighted by Gasteiger charge is -2.43. The molecular weight excluding hydrogens is 474 g/mol. The Labute approximate surface area is 216 Å². The van der Waals surface area contributed by atoms with Gasteiger partial charge in [0.25, 0.3) is 0 Å². The number of likely N-dealkylation sites (tertiary alicyclic amines) is 1. The van der Waals surface area contributed by atoms with Crippen LogP contribution in [0.15, 0.2) is 72.8 Å². The zero-order valence-corrected chi connectivity index (χ0v) is 20.7. The first-order valence-electron chi connectivity index (χ1n) is 12.5. The summed E-state index contributed by atoms with van der Waals surface area (Å²) in [7, 11) is 0. The molecule has 1 spiro atoms. The Balaban J connectivity index is 0.000000349. The van der Waals surface area contributed by atoms with E-state index >= 15 is 0 Å². The van der Waals surface area contributed by atoms with Crippen LogP contribution in [0.2, 0.25) is 0 Å². The Hall–Kier alpha value is -3.69. The summed E-state index contributed by atoms with van der Waals surface area (Å²) in [5.41, 5.74) is 2.11. The highest BCUT2D eigenvalue weighted by molar-refractivity contribution is 5.93. The Kier molecular flexibility index (Phi) is 8.58. The lowest BCUT2D eigenvalue weighted by atomic mass is 9.85. The standard InChI is InChI=1S/C24H29N3O2.C4H4O4/c28-23-24(27(18-25-23)21-9-5-2-6-10-21)11-13-26(14-12-24)16-22-15-20(17-29-22)19-7-3-1-4-8-19;5-3(6)1-2-4(7)8/h1-10,20,22H,11-18H2,(H,25,28);1-2H,(H,5,6)(H,7,8). The number of piperidine rings is 1. The van der Waals surface area contributed by atoms with E-state index in [4.69, 9.17) is 14.9 Å². The third-order valence-corrected chi connectivity index (χ3v) is 7.27. The summed E-state index contributed by atoms with van der Waals surface area (Å²) in [5, 5.41) is 18.7. The van der Waals surface area contributed by atoms with E-state index in [0.717, 1.165) is 51.2 Å². The molecule has 3 N–H and O–H groups in total. The summed E-state index contributed by atoms with van der Waals surface area (Å²) >= 11 is 0. The van der Waals surface area contributed by atoms with Crippen molar-refractivity contribution >= 4 is 23.5 Å². The van der Waals surface area contributed by atoms with Crippen molar-refractivity contribution in [2.24, 2.45) is 0 Å². The van der Waals surface area contributed by atoms with E-state index in [1.807, 2.05) is 18.2 Å². The van der Waals surface area contributed by atoms with Crippen molar-refractivity contribution in [3.8, 4) is 0 Å². The molecule has 9 nitrogen and oxygen atoms in total. The second-order valence-corrected chi connectivity index (χ2v) is 9.57. The normalized spacial score (nSPS) is 23.0. The van der Waals surface area contributed by atoms with Gasteiger partial charge in [0.05, 0.1) is 19.4 Å². The molecule has 0 saturated carbocycles. The topological polar surface area (TPSA) is 119 Å². The zero-order valence-electron chi connectivity index (χ0n) is 20.7. The number of nitrogens with one attached hydrogen (secondary N) is 1. The van der Waals surface area contributed by atoms with Gasteiger partial charge in [0, 0.05) is 43.4 Å². The first-order valence-corrected chi connectivity index (χ1v) is 12.5. The number of carboxylic acid groups (broad SMARTS) is 2. The van der Waals surface area contributed by atoms with Crippen molar-refractivity contribution in [3.05, 3.63) is 78.4 Å². The maximum atomic E-state index is 12.8. The van der Waals surface area contributed by atoms with E-state index in [0.29, 0.717) is 24.7 Å². The Bertz CT molecular complexity index is 1080. The highest BCUT2D eigenvalue weighted by atomic mass is 16.5. The van der Waals surface area contributed by atoms with Gasteiger partial charge in [0.1, 0.15) is 5.54 Å². The maximum absolute atomic E-state index is 12.8. The number of benzene rings is 2. The van der Waals surface area contributed by atoms with Crippen LogP contribution in [-0.4, -0.2) is 77.5 Å². The first-order chi connectivity index (χ1) is 17.9. The van der Waals surface area contributed by atoms with Gasteiger partial charge < -0.3 is 30.1 Å². The highest BCUT2D eigenvalue weighted by Gasteiger charge is 2.50. The summed E-state index contributed by atoms with van der Waals surface area (Å²) in [5.74, 6) is -1.83. The number of carbonyl (C=O) groups is 3. The molecule has 0 aromatic heterocycles. The minimum absolute atomic E-state index is 0.183. The molecule has 3 aliphatic rings. The summed E-state index contributed by atoms with van der Waals surface area (Å²) in [4.78, 5) is 36.6. The van der Waals surface area contributed by atoms with E-state index in [2.05, 4.69) is 57.6 Å². The third-order valence-electron chi connectivity index (χ3n) is 7.27. The Morgan fingerprint density at radius 1 is 0.973 bits per heavy atom. The first kappa shape index (κ1) is 26.4. The van der Waals surface area contributed by atoms with Crippen LogP contribution in [0.3, 0.4) is 0 Å². The second kappa shape index (κ2) is 12.0. The number of ether oxygens (including phenoxy) is 1. The van der Waals surface area contributed by atoms with Crippen LogP contribution in [0.5, 0.6) is 0 Å². The van der Waals surface area contributed by atoms with Gasteiger partial charge in [-0.1, -0.05) is 48.5 Å². The van der Waals surface area contributed by atoms with Crippen LogP contribution >= 0.6 is 0 Å². The molecule has 9 heteroatoms. The van der Waals surface area contributed by atoms with Gasteiger partial charge in [-0.3, -0.25) is 4.79 Å². The van der Waals surface area contributed by atoms with Crippen LogP contribution in [0, 0.1) is 0 Å². The zero-order chi connectivity index (χ0) is 26.3. The van der Waals surface area contributed by atoms with E-state index < -0.39 is 17.5 Å². The molecule has 0 radical (unpaired) electrons. The van der Waals surface area contributed by atoms with Gasteiger partial charge in [0.2, 0.25) is 5.91 Å². The van der Waals surface area contributed by atoms with Gasteiger partial charge in [0.15, 0.2) is 0 Å². The molecule has 3 aliphatic heterocycles. The van der Waals surface area contributed by atoms with E-state index in [9.17, 15) is 14.4 Å². The summed E-state index contributed by atoms with van der Waals surface area (Å²) < 4.78 is 6.12. The van der Waals surface area contributed by atoms with Crippen molar-refractivity contribution in [2.75, 3.05) is 37.8 Å². The maximum Gasteiger partial charge on any atom is 0.328 e. The average molecular weight is 508 g/mol. The van der Waals surface area contributed by atoms with E-state index in [-0.39, 0.29) is 12.0 Å². The van der Waals surface area contributed by atoms with Gasteiger partial charge in [-0.2, -0.15) is 0 Å². The van der Waals surface area contributed by atoms with Gasteiger partial charge >= 0.3 is 11.9 Å². The Morgan fingerprint density at radius 3 is 2.16 bits per heavy atom. The molecular formula is C28H33N3O6. The number of nitrogens with zero attached hydrogens (tertiary/aromatic N) is 2. The minimum atomic E-state index is -1.26. The predicted molar refractivity (Wildman–Crippen MR) is 138 cm³/mol. The molecule has 2 aromatic carbocycles. The van der Waals surface area contributed by atoms with E-state index in [1.165, 1.54) is 5.56 Å². The van der Waals surface area contributed by atoms with Crippen molar-refractivity contribution < 1.29 is 29.3 Å². The average Bonchev–Trinajstić information content (AvgIpc) is 3.50. The van der Waals surface area contributed by atoms with Crippen LogP contribution in [0.1, 0.15) is 30.7 Å². The smallest absolute Gasteiger partial charge is 0.328 e. The van der Waals surface area contributed by atoms with E-state index in [1.54, 1.807) is 0 Å². The van der Waals surface area contributed by atoms with Gasteiger partial charge in [-0.25, -0.2) is 9.59 Å². The van der Waals surface area contributed by atoms with Crippen molar-refractivity contribution in [1.82, 2.24) is 10.2 Å². The number of hydrogen-bond acceptors (Lipinski definition) is 6. The van der Waals surface area contributed by atoms with Crippen molar-refractivity contribution in [2.45, 2.75) is 36.8 Å². The largest absolute Gasteiger partial charge is 0.478 e. The number of carbonyl (C=O) groups excluding carboxylic acids is 1. The molecule has 3 fully saturated rings. The number of para-hydroxylation sites is 1. The number of carboxylic acids is 2. The molecule has 3 saturated heterocycles. The van der Waals surface area contributed by atoms with Crippen LogP contribution in [0.4, 0.5) is 5.69 Å². The molecule has 196 valence electrons. The third kappa shape index (κ3) is 6.55. The number of hydrogen-bond donors (Lipinski definition) is 3. The molecule has 2 aromatic rings. The summed E-state index contributed by atoms with van der Waals surface area (Å²) in [6.07, 6.45) is 4.22. The number of amides is 1. The molecule has 5 rings (SSSR count). The second-order valence-electron chi connectivity index (χ2n) is 9.57. The molecule has 3 heterocycles. The monoisotopic (exact) mass is 507 g/mol. The predicted octanol–water partition coefficient (Wildman–Crippen LogP) is 2.70. The van der Waals surface area contributed by atoms with Crippen molar-refractivity contribution in [1.29, 1.82) is 0 Å². The molecule has 2 unspecified atom stereocenters. The van der Waals surface area contributed by atoms with Crippen molar-refractivity contribution in [3.63, 3.8) is 0 Å². The lowest BCUT2D eigenvalue weighted by molar-refractivity contribution is -0.134. The summed E-state index contributed by atoms with van der Waals surface area (Å²) in [6.45, 7) is 4.26. The fourth-order valence-electron chi connectivity index (χ4n) is 5.36. The quantitative estimate of drug-likeness (QED) is 0.511. The molecule has 0 aliphatic carbocycles. The fourth-order valence-corrected chi connectivity index (χ4v) is 5.36. The SMILES string of the molecule is O=C(O)C=CC(=O)O.O=C1NCN(c2ccccc2)C12CCN(CC1CC(c3ccccc3)CO1)CC2. The van der Waals surface area contributed by atoms with Crippen LogP contribution in [0.25, 0.3) is 0 Å². The lowest BCUT2D eigenvalue weighted by Crippen LogP contribution is -2.57. The summed E-state index contributed by atoms with van der Waals surface area (Å²) in [6, 6.07) is 21.0. The van der Waals surface area contributed by atoms with Crippen LogP contribution in [-0.2, 0) is 19.1 Å². The number of aliphatic carboxylic acids is 2. The molecule has 37 heavy (non-hydrogen) atoms. The van der Waals surface area contributed by atoms with Crippen LogP contribution < -0.4 is 10.2 Å². The number of rotatable bonds is 6. The highest BCUT2D eigenvalue weighted by Crippen LogP contribution is 2.37. The number of anilines is 1. The minimum Gasteiger partial charge on any atom is -0.478 e. The fraction of sp³-hybridized carbons (Fsp3) is 0.393. The molecule has 1 amide bonds.